The molecule has 3 nitrogen and oxygen atoms in total. The van der Waals surface area contributed by atoms with Gasteiger partial charge in [-0.3, -0.25) is 4.79 Å². The molecule has 1 heterocycles. The summed E-state index contributed by atoms with van der Waals surface area (Å²) in [6.45, 7) is 2.10. The summed E-state index contributed by atoms with van der Waals surface area (Å²) in [5.41, 5.74) is -0.449. The number of hydrogen-bond acceptors (Lipinski definition) is 2. The monoisotopic (exact) mass is 194 g/mol. The Morgan fingerprint density at radius 1 is 1.50 bits per heavy atom. The van der Waals surface area contributed by atoms with Crippen LogP contribution >= 0.6 is 0 Å². The van der Waals surface area contributed by atoms with E-state index in [4.69, 9.17) is 4.74 Å². The van der Waals surface area contributed by atoms with Crippen LogP contribution in [-0.2, 0) is 9.53 Å². The van der Waals surface area contributed by atoms with E-state index in [1.807, 2.05) is 0 Å². The molecule has 4 fully saturated rings. The minimum Gasteiger partial charge on any atom is -0.481 e. The van der Waals surface area contributed by atoms with E-state index in [0.717, 1.165) is 25.7 Å². The van der Waals surface area contributed by atoms with Crippen LogP contribution in [0.4, 0.5) is 0 Å². The van der Waals surface area contributed by atoms with Crippen LogP contribution in [0.5, 0.6) is 0 Å². The number of carbonyl (C=O) groups is 1. The van der Waals surface area contributed by atoms with Gasteiger partial charge in [0.25, 0.3) is 0 Å². The predicted octanol–water partition coefficient (Wildman–Crippen LogP) is 1.42. The van der Waals surface area contributed by atoms with E-state index >= 15 is 0 Å². The van der Waals surface area contributed by atoms with Gasteiger partial charge in [-0.05, 0) is 38.5 Å². The standard InChI is InChI=1S/C11H14O3/c1-9-4-10(8(12)13)3-6-2-7(14-9)11(6,10)5-9/h6-7H,2-5H2,1H3,(H,12,13). The highest BCUT2D eigenvalue weighted by molar-refractivity contribution is 5.80. The molecule has 2 bridgehead atoms. The molecule has 0 amide bonds. The molecule has 0 aromatic heterocycles. The Labute approximate surface area is 82.4 Å². The zero-order valence-corrected chi connectivity index (χ0v) is 8.25. The molecular formula is C11H14O3. The molecule has 1 spiro atoms. The van der Waals surface area contributed by atoms with Gasteiger partial charge in [-0.1, -0.05) is 0 Å². The number of fused-ring (bicyclic) bond motifs is 1. The molecule has 1 N–H and O–H groups in total. The van der Waals surface area contributed by atoms with Gasteiger partial charge in [0.1, 0.15) is 0 Å². The van der Waals surface area contributed by atoms with Crippen LogP contribution in [0.25, 0.3) is 0 Å². The highest BCUT2D eigenvalue weighted by atomic mass is 16.5. The Kier molecular flexibility index (Phi) is 0.903. The van der Waals surface area contributed by atoms with Crippen molar-refractivity contribution in [2.45, 2.75) is 44.3 Å². The van der Waals surface area contributed by atoms with Gasteiger partial charge in [-0.25, -0.2) is 0 Å². The second-order valence-corrected chi connectivity index (χ2v) is 5.97. The normalized spacial score (nSPS) is 66.9. The van der Waals surface area contributed by atoms with Crippen LogP contribution in [0, 0.1) is 16.7 Å². The molecule has 1 aliphatic heterocycles. The third-order valence-corrected chi connectivity index (χ3v) is 5.47. The van der Waals surface area contributed by atoms with Gasteiger partial charge in [-0.2, -0.15) is 0 Å². The maximum Gasteiger partial charge on any atom is 0.310 e. The second-order valence-electron chi connectivity index (χ2n) is 5.97. The number of carboxylic acids is 1. The van der Waals surface area contributed by atoms with Gasteiger partial charge >= 0.3 is 5.97 Å². The predicted molar refractivity (Wildman–Crippen MR) is 47.7 cm³/mol. The van der Waals surface area contributed by atoms with Gasteiger partial charge in [0, 0.05) is 5.41 Å². The fraction of sp³-hybridized carbons (Fsp3) is 0.909. The van der Waals surface area contributed by atoms with Gasteiger partial charge in [0.05, 0.1) is 17.1 Å². The molecule has 0 aromatic rings. The lowest BCUT2D eigenvalue weighted by Crippen LogP contribution is -2.72. The summed E-state index contributed by atoms with van der Waals surface area (Å²) >= 11 is 0. The summed E-state index contributed by atoms with van der Waals surface area (Å²) in [6.07, 6.45) is 4.06. The number of rotatable bonds is 1. The summed E-state index contributed by atoms with van der Waals surface area (Å²) in [5.74, 6) is 0.0957. The molecule has 5 unspecified atom stereocenters. The van der Waals surface area contributed by atoms with Crippen molar-refractivity contribution in [2.24, 2.45) is 16.7 Å². The number of ether oxygens (including phenoxy) is 1. The van der Waals surface area contributed by atoms with Crippen LogP contribution in [0.1, 0.15) is 32.6 Å². The van der Waals surface area contributed by atoms with Crippen molar-refractivity contribution in [3.63, 3.8) is 0 Å². The molecule has 3 saturated carbocycles. The second kappa shape index (κ2) is 1.64. The summed E-state index contributed by atoms with van der Waals surface area (Å²) in [4.78, 5) is 11.4. The van der Waals surface area contributed by atoms with Crippen LogP contribution in [0.15, 0.2) is 0 Å². The minimum atomic E-state index is -0.564. The van der Waals surface area contributed by atoms with Crippen molar-refractivity contribution in [3.05, 3.63) is 0 Å². The Hall–Kier alpha value is -0.570. The summed E-state index contributed by atoms with van der Waals surface area (Å²) in [7, 11) is 0. The Balaban J connectivity index is 1.90. The Morgan fingerprint density at radius 3 is 2.79 bits per heavy atom. The molecule has 3 aliphatic carbocycles. The number of hydrogen-bond donors (Lipinski definition) is 1. The molecule has 0 aromatic carbocycles. The van der Waals surface area contributed by atoms with Crippen molar-refractivity contribution < 1.29 is 14.6 Å². The van der Waals surface area contributed by atoms with Gasteiger partial charge in [0.2, 0.25) is 0 Å². The fourth-order valence-electron chi connectivity index (χ4n) is 5.15. The molecule has 5 atom stereocenters. The summed E-state index contributed by atoms with van der Waals surface area (Å²) in [6, 6.07) is 0. The highest BCUT2D eigenvalue weighted by Gasteiger charge is 2.87. The number of carboxylic acid groups (broad SMARTS) is 1. The molecule has 3 heteroatoms. The average molecular weight is 194 g/mol. The smallest absolute Gasteiger partial charge is 0.310 e. The van der Waals surface area contributed by atoms with Crippen LogP contribution in [-0.4, -0.2) is 22.8 Å². The van der Waals surface area contributed by atoms with Crippen molar-refractivity contribution >= 4 is 5.97 Å². The summed E-state index contributed by atoms with van der Waals surface area (Å²) in [5, 5.41) is 9.41. The molecular weight excluding hydrogens is 180 g/mol. The Morgan fingerprint density at radius 2 is 2.29 bits per heavy atom. The lowest BCUT2D eigenvalue weighted by atomic mass is 9.35. The molecule has 76 valence electrons. The van der Waals surface area contributed by atoms with Crippen molar-refractivity contribution in [3.8, 4) is 0 Å². The molecule has 0 radical (unpaired) electrons. The van der Waals surface area contributed by atoms with Gasteiger partial charge in [-0.15, -0.1) is 0 Å². The lowest BCUT2D eigenvalue weighted by molar-refractivity contribution is -0.290. The first kappa shape index (κ1) is 7.69. The third-order valence-electron chi connectivity index (χ3n) is 5.47. The first-order chi connectivity index (χ1) is 6.53. The number of aliphatic carboxylic acids is 1. The molecule has 1 saturated heterocycles. The fourth-order valence-corrected chi connectivity index (χ4v) is 5.15. The first-order valence-corrected chi connectivity index (χ1v) is 5.44. The van der Waals surface area contributed by atoms with E-state index in [1.54, 1.807) is 0 Å². The van der Waals surface area contributed by atoms with E-state index < -0.39 is 11.4 Å². The largest absolute Gasteiger partial charge is 0.481 e. The molecule has 4 rings (SSSR count). The van der Waals surface area contributed by atoms with E-state index in [9.17, 15) is 9.90 Å². The Bertz CT molecular complexity index is 366. The van der Waals surface area contributed by atoms with E-state index in [-0.39, 0.29) is 17.1 Å². The van der Waals surface area contributed by atoms with Crippen LogP contribution < -0.4 is 0 Å². The van der Waals surface area contributed by atoms with Crippen LogP contribution in [0.2, 0.25) is 0 Å². The van der Waals surface area contributed by atoms with Crippen molar-refractivity contribution in [2.75, 3.05) is 0 Å². The van der Waals surface area contributed by atoms with Crippen molar-refractivity contribution in [1.82, 2.24) is 0 Å². The lowest BCUT2D eigenvalue weighted by Gasteiger charge is -2.69. The third kappa shape index (κ3) is 0.452. The minimum absolute atomic E-state index is 0.0631. The zero-order chi connectivity index (χ0) is 9.77. The zero-order valence-electron chi connectivity index (χ0n) is 8.25. The molecule has 14 heavy (non-hydrogen) atoms. The SMILES string of the molecule is CC12CC3(C(=O)O)CC4CC(O1)C43C2. The average Bonchev–Trinajstić information content (AvgIpc) is 2.46. The van der Waals surface area contributed by atoms with E-state index in [0.29, 0.717) is 5.92 Å². The highest BCUT2D eigenvalue weighted by Crippen LogP contribution is 2.84. The topological polar surface area (TPSA) is 46.5 Å². The van der Waals surface area contributed by atoms with Crippen LogP contribution in [0.3, 0.4) is 0 Å². The van der Waals surface area contributed by atoms with Gasteiger partial charge in [0.15, 0.2) is 0 Å². The maximum absolute atomic E-state index is 11.4. The van der Waals surface area contributed by atoms with Gasteiger partial charge < -0.3 is 9.84 Å². The maximum atomic E-state index is 11.4. The molecule has 4 aliphatic rings. The quantitative estimate of drug-likeness (QED) is 0.686. The summed E-state index contributed by atoms with van der Waals surface area (Å²) < 4.78 is 5.95. The van der Waals surface area contributed by atoms with E-state index in [2.05, 4.69) is 6.92 Å². The van der Waals surface area contributed by atoms with Crippen molar-refractivity contribution in [1.29, 1.82) is 0 Å². The van der Waals surface area contributed by atoms with E-state index in [1.165, 1.54) is 0 Å². The first-order valence-electron chi connectivity index (χ1n) is 5.44.